The van der Waals surface area contributed by atoms with E-state index in [0.29, 0.717) is 32.1 Å². The molecule has 1 fully saturated rings. The van der Waals surface area contributed by atoms with Crippen LogP contribution < -0.4 is 0 Å². The quantitative estimate of drug-likeness (QED) is 0.358. The molecular formula is C22H34O6. The standard InChI is InChI=1S/C22H34O6/c1-2-3-8-12-18(24)21-16-19(25)20(28-21)15-14-17(23)11-9-6-4-5-7-10-13-22(26)27/h3,5-9,14-15,17-21,23-25H,2,4,10-13,16H2,1H3,(H,26,27)/b7-5-,8-3-,9-6-,15-14+/t17-,18-,19+,20+,21+/m0/s1. The number of carboxylic acids is 1. The number of ether oxygens (including phenoxy) is 1. The molecule has 28 heavy (non-hydrogen) atoms. The second-order valence-electron chi connectivity index (χ2n) is 6.92. The highest BCUT2D eigenvalue weighted by atomic mass is 16.5. The van der Waals surface area contributed by atoms with Gasteiger partial charge in [0.25, 0.3) is 0 Å². The maximum absolute atomic E-state index is 10.4. The van der Waals surface area contributed by atoms with Gasteiger partial charge in [-0.1, -0.05) is 55.5 Å². The molecule has 1 heterocycles. The van der Waals surface area contributed by atoms with Crippen LogP contribution in [0.2, 0.25) is 0 Å². The summed E-state index contributed by atoms with van der Waals surface area (Å²) in [6, 6.07) is 0. The van der Waals surface area contributed by atoms with Crippen molar-refractivity contribution in [3.05, 3.63) is 48.6 Å². The van der Waals surface area contributed by atoms with Gasteiger partial charge in [0, 0.05) is 12.8 Å². The van der Waals surface area contributed by atoms with E-state index in [1.165, 1.54) is 0 Å². The molecule has 158 valence electrons. The summed E-state index contributed by atoms with van der Waals surface area (Å²) in [6.45, 7) is 2.03. The Morgan fingerprint density at radius 2 is 1.82 bits per heavy atom. The minimum Gasteiger partial charge on any atom is -0.481 e. The topological polar surface area (TPSA) is 107 Å². The van der Waals surface area contributed by atoms with Gasteiger partial charge in [0.2, 0.25) is 0 Å². The van der Waals surface area contributed by atoms with E-state index in [1.807, 2.05) is 43.4 Å². The van der Waals surface area contributed by atoms with Crippen LogP contribution in [0.3, 0.4) is 0 Å². The van der Waals surface area contributed by atoms with Crippen LogP contribution in [0.15, 0.2) is 48.6 Å². The zero-order chi connectivity index (χ0) is 20.8. The highest BCUT2D eigenvalue weighted by Gasteiger charge is 2.35. The summed E-state index contributed by atoms with van der Waals surface area (Å²) in [6.07, 6.45) is 15.3. The Balaban J connectivity index is 2.29. The van der Waals surface area contributed by atoms with Gasteiger partial charge in [0.15, 0.2) is 0 Å². The smallest absolute Gasteiger partial charge is 0.303 e. The van der Waals surface area contributed by atoms with E-state index >= 15 is 0 Å². The normalized spacial score (nSPS) is 25.5. The van der Waals surface area contributed by atoms with E-state index < -0.39 is 36.5 Å². The van der Waals surface area contributed by atoms with Gasteiger partial charge in [0.1, 0.15) is 6.10 Å². The predicted octanol–water partition coefficient (Wildman–Crippen LogP) is 2.90. The molecule has 0 radical (unpaired) electrons. The fraction of sp³-hybridized carbons (Fsp3) is 0.591. The molecular weight excluding hydrogens is 360 g/mol. The number of carbonyl (C=O) groups is 1. The van der Waals surface area contributed by atoms with Crippen LogP contribution in [0.4, 0.5) is 0 Å². The number of aliphatic hydroxyl groups is 3. The third-order valence-electron chi connectivity index (χ3n) is 4.42. The van der Waals surface area contributed by atoms with Crippen molar-refractivity contribution in [2.45, 2.75) is 82.4 Å². The predicted molar refractivity (Wildman–Crippen MR) is 109 cm³/mol. The summed E-state index contributed by atoms with van der Waals surface area (Å²) in [4.78, 5) is 10.4. The molecule has 1 aliphatic heterocycles. The van der Waals surface area contributed by atoms with E-state index in [2.05, 4.69) is 0 Å². The number of rotatable bonds is 13. The van der Waals surface area contributed by atoms with Gasteiger partial charge < -0.3 is 25.2 Å². The SMILES string of the molecule is CC/C=C\C[C@H](O)[C@H]1C[C@@H](O)[C@@H](/C=C/[C@@H](O)C/C=C\C/C=C\CCC(=O)O)O1. The molecule has 0 aliphatic carbocycles. The lowest BCUT2D eigenvalue weighted by Crippen LogP contribution is -2.25. The number of carboxylic acid groups (broad SMARTS) is 1. The molecule has 0 bridgehead atoms. The summed E-state index contributed by atoms with van der Waals surface area (Å²) in [5, 5.41) is 38.8. The largest absolute Gasteiger partial charge is 0.481 e. The van der Waals surface area contributed by atoms with Crippen LogP contribution in [0.25, 0.3) is 0 Å². The average molecular weight is 395 g/mol. The zero-order valence-electron chi connectivity index (χ0n) is 16.6. The lowest BCUT2D eigenvalue weighted by molar-refractivity contribution is -0.136. The van der Waals surface area contributed by atoms with Crippen molar-refractivity contribution in [1.82, 2.24) is 0 Å². The summed E-state index contributed by atoms with van der Waals surface area (Å²) >= 11 is 0. The zero-order valence-corrected chi connectivity index (χ0v) is 16.6. The van der Waals surface area contributed by atoms with Gasteiger partial charge in [-0.2, -0.15) is 0 Å². The van der Waals surface area contributed by atoms with Gasteiger partial charge >= 0.3 is 5.97 Å². The third-order valence-corrected chi connectivity index (χ3v) is 4.42. The van der Waals surface area contributed by atoms with Gasteiger partial charge in [-0.15, -0.1) is 0 Å². The Labute approximate surface area is 167 Å². The number of aliphatic carboxylic acids is 1. The molecule has 1 aliphatic rings. The Hall–Kier alpha value is -1.73. The highest BCUT2D eigenvalue weighted by Crippen LogP contribution is 2.25. The van der Waals surface area contributed by atoms with Gasteiger partial charge in [-0.3, -0.25) is 4.79 Å². The Bertz CT molecular complexity index is 551. The third kappa shape index (κ3) is 10.6. The van der Waals surface area contributed by atoms with Gasteiger partial charge in [-0.25, -0.2) is 0 Å². The first-order chi connectivity index (χ1) is 13.4. The fourth-order valence-electron chi connectivity index (χ4n) is 2.84. The molecule has 0 aromatic heterocycles. The average Bonchev–Trinajstić information content (AvgIpc) is 3.03. The Morgan fingerprint density at radius 3 is 2.54 bits per heavy atom. The van der Waals surface area contributed by atoms with Crippen molar-refractivity contribution in [3.63, 3.8) is 0 Å². The monoisotopic (exact) mass is 394 g/mol. The highest BCUT2D eigenvalue weighted by molar-refractivity contribution is 5.66. The van der Waals surface area contributed by atoms with E-state index in [9.17, 15) is 20.1 Å². The van der Waals surface area contributed by atoms with Crippen LogP contribution in [0.1, 0.15) is 51.9 Å². The molecule has 0 amide bonds. The van der Waals surface area contributed by atoms with Crippen molar-refractivity contribution in [2.24, 2.45) is 0 Å². The summed E-state index contributed by atoms with van der Waals surface area (Å²) in [7, 11) is 0. The number of hydrogen-bond donors (Lipinski definition) is 4. The van der Waals surface area contributed by atoms with Crippen molar-refractivity contribution in [1.29, 1.82) is 0 Å². The van der Waals surface area contributed by atoms with Gasteiger partial charge in [-0.05, 0) is 32.1 Å². The fourth-order valence-corrected chi connectivity index (χ4v) is 2.84. The number of aliphatic hydroxyl groups excluding tert-OH is 3. The molecule has 6 nitrogen and oxygen atoms in total. The first-order valence-corrected chi connectivity index (χ1v) is 9.98. The molecule has 0 aromatic carbocycles. The van der Waals surface area contributed by atoms with Crippen LogP contribution in [-0.4, -0.2) is 56.9 Å². The van der Waals surface area contributed by atoms with Crippen LogP contribution in [-0.2, 0) is 9.53 Å². The van der Waals surface area contributed by atoms with E-state index in [1.54, 1.807) is 12.2 Å². The molecule has 4 N–H and O–H groups in total. The lowest BCUT2D eigenvalue weighted by atomic mass is 10.0. The van der Waals surface area contributed by atoms with Crippen LogP contribution >= 0.6 is 0 Å². The molecule has 0 saturated carbocycles. The van der Waals surface area contributed by atoms with Crippen molar-refractivity contribution >= 4 is 5.97 Å². The maximum Gasteiger partial charge on any atom is 0.303 e. The van der Waals surface area contributed by atoms with Crippen LogP contribution in [0.5, 0.6) is 0 Å². The molecule has 0 aromatic rings. The molecule has 0 spiro atoms. The number of hydrogen-bond acceptors (Lipinski definition) is 5. The Kier molecular flexibility index (Phi) is 12.4. The summed E-state index contributed by atoms with van der Waals surface area (Å²) in [5.41, 5.74) is 0. The second kappa shape index (κ2) is 14.3. The Morgan fingerprint density at radius 1 is 1.11 bits per heavy atom. The molecule has 1 rings (SSSR count). The van der Waals surface area contributed by atoms with Crippen LogP contribution in [0, 0.1) is 0 Å². The minimum absolute atomic E-state index is 0.131. The first-order valence-electron chi connectivity index (χ1n) is 9.98. The van der Waals surface area contributed by atoms with Crippen molar-refractivity contribution in [2.75, 3.05) is 0 Å². The van der Waals surface area contributed by atoms with Crippen molar-refractivity contribution < 1.29 is 30.0 Å². The van der Waals surface area contributed by atoms with Gasteiger partial charge in [0.05, 0.1) is 24.4 Å². The van der Waals surface area contributed by atoms with Crippen molar-refractivity contribution in [3.8, 4) is 0 Å². The molecule has 0 unspecified atom stereocenters. The van der Waals surface area contributed by atoms with E-state index in [-0.39, 0.29) is 6.42 Å². The first kappa shape index (κ1) is 24.3. The number of allylic oxidation sites excluding steroid dienone is 4. The lowest BCUT2D eigenvalue weighted by Gasteiger charge is -2.16. The second-order valence-corrected chi connectivity index (χ2v) is 6.92. The molecule has 1 saturated heterocycles. The van der Waals surface area contributed by atoms with E-state index in [0.717, 1.165) is 6.42 Å². The molecule has 5 atom stereocenters. The maximum atomic E-state index is 10.4. The van der Waals surface area contributed by atoms with E-state index in [4.69, 9.17) is 9.84 Å². The summed E-state index contributed by atoms with van der Waals surface area (Å²) in [5.74, 6) is -0.805. The molecule has 6 heteroatoms. The summed E-state index contributed by atoms with van der Waals surface area (Å²) < 4.78 is 5.71. The minimum atomic E-state index is -0.805.